The predicted octanol–water partition coefficient (Wildman–Crippen LogP) is 0.298. The minimum absolute atomic E-state index is 0.135. The number of rotatable bonds is 2. The maximum atomic E-state index is 11.6. The largest absolute Gasteiger partial charge is 0.364 e. The summed E-state index contributed by atoms with van der Waals surface area (Å²) in [4.78, 5) is 29.3. The van der Waals surface area contributed by atoms with Gasteiger partial charge in [0, 0.05) is 21.1 Å². The van der Waals surface area contributed by atoms with E-state index in [1.807, 2.05) is 0 Å². The lowest BCUT2D eigenvalue weighted by atomic mass is 10.3. The standard InChI is InChI=1S/C10H14N4O2/c1-13(2)10(16)14(3)8-6-4-5-7(12-8)9(11)15/h4-6H,1-3H3,(H2,11,15). The van der Waals surface area contributed by atoms with Crippen LogP contribution in [0.15, 0.2) is 18.2 Å². The van der Waals surface area contributed by atoms with Crippen LogP contribution < -0.4 is 10.6 Å². The van der Waals surface area contributed by atoms with Gasteiger partial charge in [-0.15, -0.1) is 0 Å². The Morgan fingerprint density at radius 2 is 1.88 bits per heavy atom. The molecular weight excluding hydrogens is 208 g/mol. The van der Waals surface area contributed by atoms with E-state index in [0.717, 1.165) is 0 Å². The molecule has 0 atom stereocenters. The number of amides is 3. The van der Waals surface area contributed by atoms with Crippen LogP contribution in [0.1, 0.15) is 10.5 Å². The molecule has 0 aliphatic heterocycles. The van der Waals surface area contributed by atoms with E-state index in [9.17, 15) is 9.59 Å². The third-order valence-electron chi connectivity index (χ3n) is 2.00. The molecule has 1 heterocycles. The van der Waals surface area contributed by atoms with Crippen LogP contribution in [0.3, 0.4) is 0 Å². The fourth-order valence-electron chi connectivity index (χ4n) is 1.15. The van der Waals surface area contributed by atoms with Gasteiger partial charge in [0.25, 0.3) is 5.91 Å². The second kappa shape index (κ2) is 4.61. The van der Waals surface area contributed by atoms with Crippen molar-refractivity contribution in [3.05, 3.63) is 23.9 Å². The van der Waals surface area contributed by atoms with Gasteiger partial charge < -0.3 is 10.6 Å². The Kier molecular flexibility index (Phi) is 3.44. The van der Waals surface area contributed by atoms with Gasteiger partial charge in [0.15, 0.2) is 0 Å². The maximum Gasteiger partial charge on any atom is 0.324 e. The first-order chi connectivity index (χ1) is 7.43. The monoisotopic (exact) mass is 222 g/mol. The molecule has 0 aliphatic rings. The Morgan fingerprint density at radius 3 is 2.38 bits per heavy atom. The smallest absolute Gasteiger partial charge is 0.324 e. The summed E-state index contributed by atoms with van der Waals surface area (Å²) >= 11 is 0. The third kappa shape index (κ3) is 2.47. The predicted molar refractivity (Wildman–Crippen MR) is 60.2 cm³/mol. The summed E-state index contributed by atoms with van der Waals surface area (Å²) in [6.45, 7) is 0. The molecule has 0 unspecified atom stereocenters. The summed E-state index contributed by atoms with van der Waals surface area (Å²) in [6.07, 6.45) is 0. The number of nitrogens with zero attached hydrogens (tertiary/aromatic N) is 3. The number of urea groups is 1. The van der Waals surface area contributed by atoms with Crippen LogP contribution in [0.4, 0.5) is 10.6 Å². The number of hydrogen-bond acceptors (Lipinski definition) is 3. The van der Waals surface area contributed by atoms with Gasteiger partial charge in [0.05, 0.1) is 0 Å². The Morgan fingerprint density at radius 1 is 1.25 bits per heavy atom. The van der Waals surface area contributed by atoms with E-state index in [1.54, 1.807) is 33.3 Å². The van der Waals surface area contributed by atoms with E-state index in [1.165, 1.54) is 15.9 Å². The molecule has 1 rings (SSSR count). The molecule has 2 N–H and O–H groups in total. The molecule has 1 aromatic heterocycles. The number of primary amides is 1. The molecule has 0 spiro atoms. The maximum absolute atomic E-state index is 11.6. The summed E-state index contributed by atoms with van der Waals surface area (Å²) < 4.78 is 0. The number of pyridine rings is 1. The van der Waals surface area contributed by atoms with E-state index in [0.29, 0.717) is 5.82 Å². The fraction of sp³-hybridized carbons (Fsp3) is 0.300. The summed E-state index contributed by atoms with van der Waals surface area (Å²) in [7, 11) is 4.85. The van der Waals surface area contributed by atoms with Gasteiger partial charge in [-0.25, -0.2) is 9.78 Å². The Bertz CT molecular complexity index is 417. The van der Waals surface area contributed by atoms with Crippen molar-refractivity contribution in [1.29, 1.82) is 0 Å². The zero-order valence-corrected chi connectivity index (χ0v) is 9.47. The average molecular weight is 222 g/mol. The number of hydrogen-bond donors (Lipinski definition) is 1. The van der Waals surface area contributed by atoms with Crippen LogP contribution in [0, 0.1) is 0 Å². The van der Waals surface area contributed by atoms with Gasteiger partial charge in [0.2, 0.25) is 0 Å². The zero-order chi connectivity index (χ0) is 12.3. The molecule has 0 aromatic carbocycles. The van der Waals surface area contributed by atoms with E-state index in [-0.39, 0.29) is 11.7 Å². The summed E-state index contributed by atoms with van der Waals surface area (Å²) in [5.74, 6) is -0.234. The van der Waals surface area contributed by atoms with Crippen molar-refractivity contribution in [2.45, 2.75) is 0 Å². The van der Waals surface area contributed by atoms with Crippen LogP contribution in [0.5, 0.6) is 0 Å². The topological polar surface area (TPSA) is 79.5 Å². The van der Waals surface area contributed by atoms with Crippen LogP contribution in [-0.2, 0) is 0 Å². The van der Waals surface area contributed by atoms with Crippen molar-refractivity contribution >= 4 is 17.8 Å². The highest BCUT2D eigenvalue weighted by Gasteiger charge is 2.14. The molecule has 3 amide bonds. The van der Waals surface area contributed by atoms with E-state index < -0.39 is 5.91 Å². The normalized spacial score (nSPS) is 9.69. The Hall–Kier alpha value is -2.11. The summed E-state index contributed by atoms with van der Waals surface area (Å²) in [5, 5.41) is 0. The molecule has 0 aliphatic carbocycles. The van der Waals surface area contributed by atoms with Crippen molar-refractivity contribution in [2.24, 2.45) is 5.73 Å². The lowest BCUT2D eigenvalue weighted by molar-refractivity contribution is 0.0995. The molecule has 0 bridgehead atoms. The van der Waals surface area contributed by atoms with Crippen molar-refractivity contribution in [1.82, 2.24) is 9.88 Å². The third-order valence-corrected chi connectivity index (χ3v) is 2.00. The van der Waals surface area contributed by atoms with Gasteiger partial charge in [0.1, 0.15) is 11.5 Å². The van der Waals surface area contributed by atoms with E-state index >= 15 is 0 Å². The summed E-state index contributed by atoms with van der Waals surface area (Å²) in [6, 6.07) is 4.53. The number of carbonyl (C=O) groups excluding carboxylic acids is 2. The van der Waals surface area contributed by atoms with E-state index in [2.05, 4.69) is 4.98 Å². The van der Waals surface area contributed by atoms with Crippen molar-refractivity contribution in [2.75, 3.05) is 26.0 Å². The number of carbonyl (C=O) groups is 2. The van der Waals surface area contributed by atoms with Crippen LogP contribution in [0.25, 0.3) is 0 Å². The summed E-state index contributed by atoms with van der Waals surface area (Å²) in [5.41, 5.74) is 5.24. The first kappa shape index (κ1) is 12.0. The molecule has 6 nitrogen and oxygen atoms in total. The first-order valence-electron chi connectivity index (χ1n) is 4.65. The molecule has 0 fully saturated rings. The quantitative estimate of drug-likeness (QED) is 0.781. The Balaban J connectivity index is 3.00. The van der Waals surface area contributed by atoms with Crippen molar-refractivity contribution in [3.63, 3.8) is 0 Å². The highest BCUT2D eigenvalue weighted by molar-refractivity contribution is 5.93. The second-order valence-electron chi connectivity index (χ2n) is 3.48. The molecule has 0 saturated carbocycles. The van der Waals surface area contributed by atoms with Gasteiger partial charge in [-0.3, -0.25) is 9.69 Å². The van der Waals surface area contributed by atoms with Crippen LogP contribution in [0.2, 0.25) is 0 Å². The van der Waals surface area contributed by atoms with Crippen molar-refractivity contribution in [3.8, 4) is 0 Å². The minimum Gasteiger partial charge on any atom is -0.364 e. The van der Waals surface area contributed by atoms with Crippen molar-refractivity contribution < 1.29 is 9.59 Å². The van der Waals surface area contributed by atoms with Gasteiger partial charge in [-0.1, -0.05) is 6.07 Å². The molecule has 1 aromatic rings. The average Bonchev–Trinajstić information content (AvgIpc) is 2.27. The molecular formula is C10H14N4O2. The Labute approximate surface area is 93.7 Å². The zero-order valence-electron chi connectivity index (χ0n) is 9.47. The van der Waals surface area contributed by atoms with Crippen LogP contribution in [-0.4, -0.2) is 43.0 Å². The SMILES string of the molecule is CN(C)C(=O)N(C)c1cccc(C(N)=O)n1. The number of anilines is 1. The highest BCUT2D eigenvalue weighted by atomic mass is 16.2. The molecule has 6 heteroatoms. The molecule has 0 radical (unpaired) electrons. The molecule has 0 saturated heterocycles. The first-order valence-corrected chi connectivity index (χ1v) is 4.65. The lowest BCUT2D eigenvalue weighted by Gasteiger charge is -2.20. The van der Waals surface area contributed by atoms with Gasteiger partial charge >= 0.3 is 6.03 Å². The molecule has 86 valence electrons. The lowest BCUT2D eigenvalue weighted by Crippen LogP contribution is -2.37. The van der Waals surface area contributed by atoms with E-state index in [4.69, 9.17) is 5.73 Å². The minimum atomic E-state index is -0.618. The second-order valence-corrected chi connectivity index (χ2v) is 3.48. The fourth-order valence-corrected chi connectivity index (χ4v) is 1.15. The van der Waals surface area contributed by atoms with Gasteiger partial charge in [-0.2, -0.15) is 0 Å². The highest BCUT2D eigenvalue weighted by Crippen LogP contribution is 2.10. The van der Waals surface area contributed by atoms with Crippen LogP contribution >= 0.6 is 0 Å². The number of nitrogens with two attached hydrogens (primary N) is 1. The van der Waals surface area contributed by atoms with Gasteiger partial charge in [-0.05, 0) is 12.1 Å². The molecule has 16 heavy (non-hydrogen) atoms. The number of aromatic nitrogens is 1.